The predicted octanol–water partition coefficient (Wildman–Crippen LogP) is 3.42. The standard InChI is InChI=1S/C18H22N2O2/c1-13-6-5-7-15(10-13)18(8-3-4-9-18)17(21)19-12-16-11-14(2)22-20-16/h5-7,10-11H,3-4,8-9,12H2,1-2H3,(H,19,21). The summed E-state index contributed by atoms with van der Waals surface area (Å²) in [5.41, 5.74) is 2.72. The van der Waals surface area contributed by atoms with Crippen molar-refractivity contribution < 1.29 is 9.32 Å². The van der Waals surface area contributed by atoms with Crippen LogP contribution in [-0.2, 0) is 16.8 Å². The molecule has 4 nitrogen and oxygen atoms in total. The van der Waals surface area contributed by atoms with Gasteiger partial charge in [0.25, 0.3) is 0 Å². The lowest BCUT2D eigenvalue weighted by Gasteiger charge is -2.28. The Bertz CT molecular complexity index is 669. The van der Waals surface area contributed by atoms with Gasteiger partial charge in [0.1, 0.15) is 11.5 Å². The van der Waals surface area contributed by atoms with E-state index in [-0.39, 0.29) is 11.3 Å². The predicted molar refractivity (Wildman–Crippen MR) is 84.4 cm³/mol. The van der Waals surface area contributed by atoms with Crippen LogP contribution in [0.5, 0.6) is 0 Å². The van der Waals surface area contributed by atoms with Crippen LogP contribution in [0.4, 0.5) is 0 Å². The Balaban J connectivity index is 1.79. The maximum absolute atomic E-state index is 12.9. The number of aryl methyl sites for hydroxylation is 2. The number of carbonyl (C=O) groups excluding carboxylic acids is 1. The normalized spacial score (nSPS) is 16.6. The molecule has 1 aromatic heterocycles. The summed E-state index contributed by atoms with van der Waals surface area (Å²) in [4.78, 5) is 12.9. The molecule has 2 aromatic rings. The van der Waals surface area contributed by atoms with Crippen molar-refractivity contribution in [2.45, 2.75) is 51.5 Å². The summed E-state index contributed by atoms with van der Waals surface area (Å²) >= 11 is 0. The van der Waals surface area contributed by atoms with Crippen molar-refractivity contribution in [2.24, 2.45) is 0 Å². The number of nitrogens with one attached hydrogen (secondary N) is 1. The molecule has 0 aliphatic heterocycles. The van der Waals surface area contributed by atoms with Crippen LogP contribution in [0.15, 0.2) is 34.9 Å². The third kappa shape index (κ3) is 2.78. The molecule has 1 aromatic carbocycles. The Morgan fingerprint density at radius 1 is 1.27 bits per heavy atom. The van der Waals surface area contributed by atoms with Crippen LogP contribution in [0.3, 0.4) is 0 Å². The van der Waals surface area contributed by atoms with Crippen LogP contribution in [-0.4, -0.2) is 11.1 Å². The van der Waals surface area contributed by atoms with Gasteiger partial charge < -0.3 is 9.84 Å². The molecule has 1 aliphatic carbocycles. The second-order valence-corrected chi connectivity index (χ2v) is 6.27. The maximum Gasteiger partial charge on any atom is 0.230 e. The molecule has 0 unspecified atom stereocenters. The van der Waals surface area contributed by atoms with Crippen molar-refractivity contribution in [3.63, 3.8) is 0 Å². The van der Waals surface area contributed by atoms with Gasteiger partial charge in [-0.1, -0.05) is 47.8 Å². The van der Waals surface area contributed by atoms with Gasteiger partial charge in [-0.05, 0) is 32.3 Å². The first-order valence-corrected chi connectivity index (χ1v) is 7.88. The minimum atomic E-state index is -0.384. The number of benzene rings is 1. The molecule has 22 heavy (non-hydrogen) atoms. The zero-order chi connectivity index (χ0) is 15.6. The van der Waals surface area contributed by atoms with Gasteiger partial charge in [0, 0.05) is 6.07 Å². The number of rotatable bonds is 4. The van der Waals surface area contributed by atoms with E-state index in [0.717, 1.165) is 42.7 Å². The topological polar surface area (TPSA) is 55.1 Å². The number of carbonyl (C=O) groups is 1. The average molecular weight is 298 g/mol. The summed E-state index contributed by atoms with van der Waals surface area (Å²) in [7, 11) is 0. The van der Waals surface area contributed by atoms with Crippen molar-refractivity contribution in [1.82, 2.24) is 10.5 Å². The Hall–Kier alpha value is -2.10. The van der Waals surface area contributed by atoms with Crippen molar-refractivity contribution in [3.05, 3.63) is 52.9 Å². The Kier molecular flexibility index (Phi) is 4.01. The van der Waals surface area contributed by atoms with E-state index in [4.69, 9.17) is 4.52 Å². The summed E-state index contributed by atoms with van der Waals surface area (Å²) in [6.45, 7) is 4.34. The molecular formula is C18H22N2O2. The zero-order valence-corrected chi connectivity index (χ0v) is 13.2. The third-order valence-corrected chi connectivity index (χ3v) is 4.57. The molecule has 1 amide bonds. The lowest BCUT2D eigenvalue weighted by molar-refractivity contribution is -0.126. The van der Waals surface area contributed by atoms with E-state index in [0.29, 0.717) is 6.54 Å². The molecule has 0 spiro atoms. The van der Waals surface area contributed by atoms with E-state index in [1.54, 1.807) is 0 Å². The van der Waals surface area contributed by atoms with Crippen LogP contribution in [0.2, 0.25) is 0 Å². The third-order valence-electron chi connectivity index (χ3n) is 4.57. The summed E-state index contributed by atoms with van der Waals surface area (Å²) in [6, 6.07) is 10.2. The Morgan fingerprint density at radius 3 is 2.68 bits per heavy atom. The van der Waals surface area contributed by atoms with Gasteiger partial charge in [0.15, 0.2) is 0 Å². The molecule has 0 radical (unpaired) electrons. The van der Waals surface area contributed by atoms with Crippen LogP contribution in [0, 0.1) is 13.8 Å². The van der Waals surface area contributed by atoms with Crippen molar-refractivity contribution in [1.29, 1.82) is 0 Å². The molecule has 1 heterocycles. The number of aromatic nitrogens is 1. The highest BCUT2D eigenvalue weighted by atomic mass is 16.5. The van der Waals surface area contributed by atoms with Crippen LogP contribution in [0.1, 0.15) is 48.3 Å². The molecular weight excluding hydrogens is 276 g/mol. The largest absolute Gasteiger partial charge is 0.361 e. The second kappa shape index (κ2) is 5.95. The lowest BCUT2D eigenvalue weighted by atomic mass is 9.77. The lowest BCUT2D eigenvalue weighted by Crippen LogP contribution is -2.42. The van der Waals surface area contributed by atoms with E-state index >= 15 is 0 Å². The van der Waals surface area contributed by atoms with E-state index < -0.39 is 0 Å². The molecule has 1 aliphatic rings. The minimum absolute atomic E-state index is 0.108. The summed E-state index contributed by atoms with van der Waals surface area (Å²) in [5, 5.41) is 6.99. The molecule has 1 saturated carbocycles. The van der Waals surface area contributed by atoms with Gasteiger partial charge in [-0.25, -0.2) is 0 Å². The smallest absolute Gasteiger partial charge is 0.230 e. The SMILES string of the molecule is Cc1cccc(C2(C(=O)NCc3cc(C)on3)CCCC2)c1. The molecule has 0 saturated heterocycles. The fraction of sp³-hybridized carbons (Fsp3) is 0.444. The molecule has 3 rings (SSSR count). The number of hydrogen-bond donors (Lipinski definition) is 1. The molecule has 116 valence electrons. The van der Waals surface area contributed by atoms with Gasteiger partial charge in [0.2, 0.25) is 5.91 Å². The first-order chi connectivity index (χ1) is 10.6. The van der Waals surface area contributed by atoms with Gasteiger partial charge in [-0.15, -0.1) is 0 Å². The molecule has 1 N–H and O–H groups in total. The van der Waals surface area contributed by atoms with Gasteiger partial charge in [-0.3, -0.25) is 4.79 Å². The van der Waals surface area contributed by atoms with E-state index in [9.17, 15) is 4.79 Å². The average Bonchev–Trinajstić information content (AvgIpc) is 3.14. The second-order valence-electron chi connectivity index (χ2n) is 6.27. The number of hydrogen-bond acceptors (Lipinski definition) is 3. The van der Waals surface area contributed by atoms with Gasteiger partial charge in [-0.2, -0.15) is 0 Å². The van der Waals surface area contributed by atoms with E-state index in [1.165, 1.54) is 5.56 Å². The zero-order valence-electron chi connectivity index (χ0n) is 13.2. The van der Waals surface area contributed by atoms with Crippen LogP contribution in [0.25, 0.3) is 0 Å². The summed E-state index contributed by atoms with van der Waals surface area (Å²) < 4.78 is 5.05. The highest BCUT2D eigenvalue weighted by molar-refractivity contribution is 5.88. The number of nitrogens with zero attached hydrogens (tertiary/aromatic N) is 1. The molecule has 0 bridgehead atoms. The first-order valence-electron chi connectivity index (χ1n) is 7.88. The van der Waals surface area contributed by atoms with Crippen molar-refractivity contribution in [2.75, 3.05) is 0 Å². The maximum atomic E-state index is 12.9. The fourth-order valence-electron chi connectivity index (χ4n) is 3.41. The minimum Gasteiger partial charge on any atom is -0.361 e. The molecule has 4 heteroatoms. The highest BCUT2D eigenvalue weighted by Gasteiger charge is 2.42. The molecule has 0 atom stereocenters. The van der Waals surface area contributed by atoms with Crippen LogP contribution >= 0.6 is 0 Å². The van der Waals surface area contributed by atoms with E-state index in [2.05, 4.69) is 35.6 Å². The van der Waals surface area contributed by atoms with Gasteiger partial charge >= 0.3 is 0 Å². The highest BCUT2D eigenvalue weighted by Crippen LogP contribution is 2.41. The molecule has 1 fully saturated rings. The van der Waals surface area contributed by atoms with Gasteiger partial charge in [0.05, 0.1) is 12.0 Å². The Morgan fingerprint density at radius 2 is 2.05 bits per heavy atom. The summed E-state index contributed by atoms with van der Waals surface area (Å²) in [5.74, 6) is 0.870. The monoisotopic (exact) mass is 298 g/mol. The van der Waals surface area contributed by atoms with Crippen molar-refractivity contribution in [3.8, 4) is 0 Å². The first kappa shape index (κ1) is 14.8. The van der Waals surface area contributed by atoms with E-state index in [1.807, 2.05) is 19.1 Å². The fourth-order valence-corrected chi connectivity index (χ4v) is 3.41. The van der Waals surface area contributed by atoms with Crippen LogP contribution < -0.4 is 5.32 Å². The van der Waals surface area contributed by atoms with Crippen molar-refractivity contribution >= 4 is 5.91 Å². The number of amides is 1. The Labute approximate surface area is 130 Å². The summed E-state index contributed by atoms with van der Waals surface area (Å²) in [6.07, 6.45) is 4.04. The quantitative estimate of drug-likeness (QED) is 0.941.